The molecule has 2 amide bonds. The number of nitrogens with one attached hydrogen (secondary N) is 1. The van der Waals surface area contributed by atoms with Gasteiger partial charge in [0.05, 0.1) is 24.3 Å². The molecule has 0 bridgehead atoms. The molecule has 2 aliphatic heterocycles. The highest BCUT2D eigenvalue weighted by Gasteiger charge is 2.31. The first-order chi connectivity index (χ1) is 15.3. The summed E-state index contributed by atoms with van der Waals surface area (Å²) in [4.78, 5) is 19.3. The van der Waals surface area contributed by atoms with Gasteiger partial charge in [-0.15, -0.1) is 10.2 Å². The number of imidazole rings is 1. The van der Waals surface area contributed by atoms with Crippen LogP contribution in [0.1, 0.15) is 36.2 Å². The van der Waals surface area contributed by atoms with Gasteiger partial charge >= 0.3 is 6.03 Å². The van der Waals surface area contributed by atoms with Gasteiger partial charge in [0.15, 0.2) is 5.65 Å². The molecule has 0 radical (unpaired) electrons. The number of rotatable bonds is 3. The minimum absolute atomic E-state index is 0.0235. The maximum absolute atomic E-state index is 13.0. The lowest BCUT2D eigenvalue weighted by molar-refractivity contribution is 0.177. The van der Waals surface area contributed by atoms with Crippen LogP contribution in [0.3, 0.4) is 0 Å². The lowest BCUT2D eigenvalue weighted by Crippen LogP contribution is -2.46. The average Bonchev–Trinajstić information content (AvgIpc) is 3.52. The quantitative estimate of drug-likeness (QED) is 0.560. The number of urea groups is 1. The van der Waals surface area contributed by atoms with Crippen molar-refractivity contribution in [3.63, 3.8) is 0 Å². The number of nitrogens with zero attached hydrogens (tertiary/aromatic N) is 6. The Balaban J connectivity index is 1.16. The van der Waals surface area contributed by atoms with E-state index in [-0.39, 0.29) is 18.0 Å². The van der Waals surface area contributed by atoms with Gasteiger partial charge in [0.2, 0.25) is 0 Å². The molecule has 4 aromatic rings. The van der Waals surface area contributed by atoms with Crippen molar-refractivity contribution in [1.82, 2.24) is 34.4 Å². The fourth-order valence-electron chi connectivity index (χ4n) is 4.95. The maximum Gasteiger partial charge on any atom is 0.317 e. The molecule has 0 spiro atoms. The molecule has 0 aliphatic carbocycles. The van der Waals surface area contributed by atoms with Crippen LogP contribution in [0.2, 0.25) is 0 Å². The van der Waals surface area contributed by atoms with Crippen LogP contribution in [0.4, 0.5) is 4.79 Å². The molecule has 1 N–H and O–H groups in total. The Labute approximate surface area is 179 Å². The molecule has 2 atom stereocenters. The predicted octanol–water partition coefficient (Wildman–Crippen LogP) is 3.08. The van der Waals surface area contributed by atoms with Gasteiger partial charge in [-0.3, -0.25) is 4.40 Å². The lowest BCUT2D eigenvalue weighted by Gasteiger charge is -2.32. The number of pyridine rings is 1. The van der Waals surface area contributed by atoms with Crippen LogP contribution < -0.4 is 5.32 Å². The monoisotopic (exact) mass is 413 g/mol. The summed E-state index contributed by atoms with van der Waals surface area (Å²) in [5.74, 6) is 1.12. The number of carbonyl (C=O) groups excluding carboxylic acids is 1. The molecule has 8 nitrogen and oxygen atoms in total. The zero-order chi connectivity index (χ0) is 20.8. The second-order valence-corrected chi connectivity index (χ2v) is 8.25. The van der Waals surface area contributed by atoms with Crippen LogP contribution in [-0.4, -0.2) is 54.7 Å². The highest BCUT2D eigenvalue weighted by atomic mass is 16.2. The minimum atomic E-state index is -0.0235. The van der Waals surface area contributed by atoms with Crippen LogP contribution in [0.25, 0.3) is 16.9 Å². The number of amides is 2. The zero-order valence-corrected chi connectivity index (χ0v) is 17.1. The van der Waals surface area contributed by atoms with E-state index in [0.717, 1.165) is 36.6 Å². The highest BCUT2D eigenvalue weighted by Crippen LogP contribution is 2.38. The fraction of sp³-hybridized carbons (Fsp3) is 0.304. The Morgan fingerprint density at radius 1 is 1.13 bits per heavy atom. The van der Waals surface area contributed by atoms with Crippen LogP contribution in [0, 0.1) is 0 Å². The van der Waals surface area contributed by atoms with E-state index in [1.54, 1.807) is 0 Å². The Kier molecular flexibility index (Phi) is 4.22. The van der Waals surface area contributed by atoms with Gasteiger partial charge < -0.3 is 14.8 Å². The van der Waals surface area contributed by atoms with Gasteiger partial charge in [-0.2, -0.15) is 0 Å². The van der Waals surface area contributed by atoms with Gasteiger partial charge in [0.1, 0.15) is 5.82 Å². The molecule has 31 heavy (non-hydrogen) atoms. The Bertz CT molecular complexity index is 1260. The molecule has 0 unspecified atom stereocenters. The van der Waals surface area contributed by atoms with Crippen molar-refractivity contribution >= 4 is 11.7 Å². The molecule has 2 aliphatic rings. The summed E-state index contributed by atoms with van der Waals surface area (Å²) in [6.07, 6.45) is 7.69. The summed E-state index contributed by atoms with van der Waals surface area (Å²) < 4.78 is 4.17. The number of likely N-dealkylation sites (tertiary alicyclic amines) is 1. The molecule has 156 valence electrons. The summed E-state index contributed by atoms with van der Waals surface area (Å²) in [5, 5.41) is 11.8. The zero-order valence-electron chi connectivity index (χ0n) is 17.1. The van der Waals surface area contributed by atoms with E-state index in [2.05, 4.69) is 37.2 Å². The first-order valence-electron chi connectivity index (χ1n) is 10.7. The smallest absolute Gasteiger partial charge is 0.317 e. The molecule has 1 saturated heterocycles. The standard InChI is InChI=1S/C23H23N7O/c31-23(25-13-20-18-8-2-1-7-17(18)19-12-24-15-30(19)20)28-10-5-6-16(14-28)22-27-26-21-9-3-4-11-29(21)22/h1-4,7-9,11-12,15-16,20H,5-6,10,13-14H2,(H,25,31)/t16-,20+/m0/s1. The number of carbonyl (C=O) groups is 1. The summed E-state index contributed by atoms with van der Waals surface area (Å²) in [6, 6.07) is 14.3. The van der Waals surface area contributed by atoms with Crippen molar-refractivity contribution in [2.24, 2.45) is 0 Å². The largest absolute Gasteiger partial charge is 0.336 e. The molecular formula is C23H23N7O. The van der Waals surface area contributed by atoms with Crippen molar-refractivity contribution in [3.05, 3.63) is 72.6 Å². The van der Waals surface area contributed by atoms with Gasteiger partial charge in [-0.05, 0) is 30.5 Å². The predicted molar refractivity (Wildman–Crippen MR) is 116 cm³/mol. The van der Waals surface area contributed by atoms with E-state index in [0.29, 0.717) is 13.1 Å². The highest BCUT2D eigenvalue weighted by molar-refractivity contribution is 5.75. The normalized spacial score (nSPS) is 19.9. The number of fused-ring (bicyclic) bond motifs is 4. The van der Waals surface area contributed by atoms with Crippen molar-refractivity contribution < 1.29 is 4.79 Å². The van der Waals surface area contributed by atoms with Gasteiger partial charge in [-0.1, -0.05) is 30.3 Å². The summed E-state index contributed by atoms with van der Waals surface area (Å²) in [6.45, 7) is 1.95. The fourth-order valence-corrected chi connectivity index (χ4v) is 4.95. The lowest BCUT2D eigenvalue weighted by atomic mass is 9.97. The molecule has 8 heteroatoms. The summed E-state index contributed by atoms with van der Waals surface area (Å²) in [7, 11) is 0. The third-order valence-corrected chi connectivity index (χ3v) is 6.46. The number of hydrogen-bond donors (Lipinski definition) is 1. The van der Waals surface area contributed by atoms with E-state index in [4.69, 9.17) is 0 Å². The van der Waals surface area contributed by atoms with Crippen molar-refractivity contribution in [1.29, 1.82) is 0 Å². The Morgan fingerprint density at radius 2 is 2.03 bits per heavy atom. The van der Waals surface area contributed by atoms with Gasteiger partial charge in [-0.25, -0.2) is 9.78 Å². The maximum atomic E-state index is 13.0. The summed E-state index contributed by atoms with van der Waals surface area (Å²) in [5.41, 5.74) is 4.37. The number of aromatic nitrogens is 5. The molecule has 1 fully saturated rings. The van der Waals surface area contributed by atoms with Crippen LogP contribution in [0.15, 0.2) is 61.2 Å². The third-order valence-electron chi connectivity index (χ3n) is 6.46. The van der Waals surface area contributed by atoms with Crippen molar-refractivity contribution in [2.75, 3.05) is 19.6 Å². The minimum Gasteiger partial charge on any atom is -0.336 e. The van der Waals surface area contributed by atoms with Crippen LogP contribution >= 0.6 is 0 Å². The molecule has 5 heterocycles. The molecule has 1 aromatic carbocycles. The van der Waals surface area contributed by atoms with Gasteiger partial charge in [0.25, 0.3) is 0 Å². The molecule has 0 saturated carbocycles. The number of benzene rings is 1. The number of hydrogen-bond acceptors (Lipinski definition) is 4. The topological polar surface area (TPSA) is 80.3 Å². The first kappa shape index (κ1) is 18.1. The second kappa shape index (κ2) is 7.23. The summed E-state index contributed by atoms with van der Waals surface area (Å²) >= 11 is 0. The van der Waals surface area contributed by atoms with Crippen molar-refractivity contribution in [3.8, 4) is 11.3 Å². The molecule has 6 rings (SSSR count). The van der Waals surface area contributed by atoms with E-state index in [9.17, 15) is 4.79 Å². The molecular weight excluding hydrogens is 390 g/mol. The van der Waals surface area contributed by atoms with Gasteiger partial charge in [0, 0.05) is 37.3 Å². The van der Waals surface area contributed by atoms with E-state index in [1.165, 1.54) is 11.1 Å². The SMILES string of the molecule is O=C(NC[C@@H]1c2ccccc2-c2cncn21)N1CCC[C@H](c2nnc3ccccn23)C1. The second-order valence-electron chi connectivity index (χ2n) is 8.25. The molecule has 3 aromatic heterocycles. The van der Waals surface area contributed by atoms with Crippen LogP contribution in [0.5, 0.6) is 0 Å². The van der Waals surface area contributed by atoms with E-state index >= 15 is 0 Å². The van der Waals surface area contributed by atoms with E-state index in [1.807, 2.05) is 58.4 Å². The number of piperidine rings is 1. The average molecular weight is 413 g/mol. The van der Waals surface area contributed by atoms with Crippen molar-refractivity contribution in [2.45, 2.75) is 24.8 Å². The van der Waals surface area contributed by atoms with E-state index < -0.39 is 0 Å². The Morgan fingerprint density at radius 3 is 3.00 bits per heavy atom. The third kappa shape index (κ3) is 2.98. The Hall–Kier alpha value is -3.68. The first-order valence-corrected chi connectivity index (χ1v) is 10.7. The van der Waals surface area contributed by atoms with Crippen LogP contribution in [-0.2, 0) is 0 Å².